The second-order valence-corrected chi connectivity index (χ2v) is 5.18. The Hall–Kier alpha value is -1.64. The first kappa shape index (κ1) is 14.8. The minimum atomic E-state index is -0.142. The van der Waals surface area contributed by atoms with Crippen LogP contribution in [0.15, 0.2) is 60.7 Å². The molecular formula is C18H23NO. The van der Waals surface area contributed by atoms with Crippen molar-refractivity contribution in [3.05, 3.63) is 71.8 Å². The van der Waals surface area contributed by atoms with Crippen molar-refractivity contribution in [1.82, 2.24) is 0 Å². The van der Waals surface area contributed by atoms with E-state index in [1.807, 2.05) is 12.1 Å². The maximum absolute atomic E-state index is 9.59. The molecule has 20 heavy (non-hydrogen) atoms. The van der Waals surface area contributed by atoms with Crippen molar-refractivity contribution in [2.45, 2.75) is 24.7 Å². The summed E-state index contributed by atoms with van der Waals surface area (Å²) in [5.74, 6) is 0. The first-order valence-corrected chi connectivity index (χ1v) is 7.25. The van der Waals surface area contributed by atoms with Crippen LogP contribution < -0.4 is 5.73 Å². The largest absolute Gasteiger partial charge is 0.396 e. The smallest absolute Gasteiger partial charge is 0.0442 e. The highest BCUT2D eigenvalue weighted by molar-refractivity contribution is 5.39. The summed E-state index contributed by atoms with van der Waals surface area (Å²) < 4.78 is 0. The number of hydrogen-bond donors (Lipinski definition) is 2. The molecule has 0 saturated heterocycles. The average Bonchev–Trinajstić information content (AvgIpc) is 2.53. The number of benzene rings is 2. The predicted molar refractivity (Wildman–Crippen MR) is 83.7 cm³/mol. The molecule has 2 aromatic rings. The molecule has 0 amide bonds. The lowest BCUT2D eigenvalue weighted by Gasteiger charge is -2.35. The van der Waals surface area contributed by atoms with E-state index in [1.54, 1.807) is 0 Å². The number of aliphatic hydroxyl groups excluding tert-OH is 1. The van der Waals surface area contributed by atoms with Gasteiger partial charge in [-0.15, -0.1) is 0 Å². The van der Waals surface area contributed by atoms with Crippen LogP contribution in [0, 0.1) is 0 Å². The highest BCUT2D eigenvalue weighted by atomic mass is 16.3. The third-order valence-corrected chi connectivity index (χ3v) is 4.00. The van der Waals surface area contributed by atoms with Gasteiger partial charge in [0.15, 0.2) is 0 Å². The summed E-state index contributed by atoms with van der Waals surface area (Å²) in [6, 6.07) is 20.9. The van der Waals surface area contributed by atoms with Gasteiger partial charge in [0, 0.05) is 12.0 Å². The van der Waals surface area contributed by atoms with Crippen LogP contribution in [0.5, 0.6) is 0 Å². The summed E-state index contributed by atoms with van der Waals surface area (Å²) >= 11 is 0. The molecule has 0 atom stereocenters. The molecule has 0 aromatic heterocycles. The average molecular weight is 269 g/mol. The molecular weight excluding hydrogens is 246 g/mol. The molecule has 0 radical (unpaired) electrons. The second-order valence-electron chi connectivity index (χ2n) is 5.18. The molecule has 2 rings (SSSR count). The fourth-order valence-corrected chi connectivity index (χ4v) is 2.98. The molecule has 2 nitrogen and oxygen atoms in total. The zero-order valence-corrected chi connectivity index (χ0v) is 11.8. The summed E-state index contributed by atoms with van der Waals surface area (Å²) in [6.07, 6.45) is 2.63. The van der Waals surface area contributed by atoms with Gasteiger partial charge in [-0.25, -0.2) is 0 Å². The van der Waals surface area contributed by atoms with Crippen molar-refractivity contribution in [1.29, 1.82) is 0 Å². The Bertz CT molecular complexity index is 456. The molecule has 0 saturated carbocycles. The van der Waals surface area contributed by atoms with Crippen molar-refractivity contribution in [3.8, 4) is 0 Å². The lowest BCUT2D eigenvalue weighted by atomic mass is 9.69. The van der Waals surface area contributed by atoms with Crippen molar-refractivity contribution in [2.24, 2.45) is 5.73 Å². The van der Waals surface area contributed by atoms with Crippen LogP contribution >= 0.6 is 0 Å². The predicted octanol–water partition coefficient (Wildman–Crippen LogP) is 3.09. The molecule has 0 fully saturated rings. The van der Waals surface area contributed by atoms with Crippen molar-refractivity contribution < 1.29 is 5.11 Å². The molecule has 3 N–H and O–H groups in total. The highest BCUT2D eigenvalue weighted by Crippen LogP contribution is 2.39. The minimum Gasteiger partial charge on any atom is -0.396 e. The van der Waals surface area contributed by atoms with E-state index in [-0.39, 0.29) is 12.0 Å². The maximum Gasteiger partial charge on any atom is 0.0442 e. The van der Waals surface area contributed by atoms with Crippen LogP contribution in [0.25, 0.3) is 0 Å². The third-order valence-electron chi connectivity index (χ3n) is 4.00. The standard InChI is InChI=1S/C18H23NO/c19-14-7-12-18(13-15-20,16-8-3-1-4-9-16)17-10-5-2-6-11-17/h1-6,8-11,20H,7,12-15,19H2. The SMILES string of the molecule is NCCCC(CCO)(c1ccccc1)c1ccccc1. The first-order chi connectivity index (χ1) is 9.83. The molecule has 0 bridgehead atoms. The summed E-state index contributed by atoms with van der Waals surface area (Å²) in [7, 11) is 0. The second kappa shape index (κ2) is 7.22. The lowest BCUT2D eigenvalue weighted by molar-refractivity contribution is 0.246. The van der Waals surface area contributed by atoms with Crippen LogP contribution in [0.4, 0.5) is 0 Å². The molecule has 0 aliphatic carbocycles. The van der Waals surface area contributed by atoms with Crippen molar-refractivity contribution >= 4 is 0 Å². The van der Waals surface area contributed by atoms with Gasteiger partial charge in [0.05, 0.1) is 0 Å². The first-order valence-electron chi connectivity index (χ1n) is 7.25. The Morgan fingerprint density at radius 3 is 1.70 bits per heavy atom. The third kappa shape index (κ3) is 3.09. The van der Waals surface area contributed by atoms with E-state index in [0.717, 1.165) is 19.3 Å². The Balaban J connectivity index is 2.50. The van der Waals surface area contributed by atoms with Gasteiger partial charge in [0.25, 0.3) is 0 Å². The molecule has 106 valence electrons. The zero-order valence-electron chi connectivity index (χ0n) is 11.8. The summed E-state index contributed by atoms with van der Waals surface area (Å²) in [5.41, 5.74) is 8.10. The quantitative estimate of drug-likeness (QED) is 0.811. The fraction of sp³-hybridized carbons (Fsp3) is 0.333. The van der Waals surface area contributed by atoms with Gasteiger partial charge in [0.2, 0.25) is 0 Å². The monoisotopic (exact) mass is 269 g/mol. The molecule has 2 heteroatoms. The van der Waals surface area contributed by atoms with Gasteiger partial charge in [-0.2, -0.15) is 0 Å². The van der Waals surface area contributed by atoms with Crippen LogP contribution in [0.1, 0.15) is 30.4 Å². The summed E-state index contributed by atoms with van der Waals surface area (Å²) in [6.45, 7) is 0.848. The van der Waals surface area contributed by atoms with Gasteiger partial charge in [-0.1, -0.05) is 60.7 Å². The van der Waals surface area contributed by atoms with E-state index in [0.29, 0.717) is 6.54 Å². The van der Waals surface area contributed by atoms with Crippen molar-refractivity contribution in [3.63, 3.8) is 0 Å². The van der Waals surface area contributed by atoms with E-state index in [4.69, 9.17) is 5.73 Å². The van der Waals surface area contributed by atoms with Gasteiger partial charge >= 0.3 is 0 Å². The normalized spacial score (nSPS) is 11.5. The van der Waals surface area contributed by atoms with Crippen LogP contribution in [-0.4, -0.2) is 18.3 Å². The van der Waals surface area contributed by atoms with E-state index in [2.05, 4.69) is 48.5 Å². The minimum absolute atomic E-state index is 0.142. The highest BCUT2D eigenvalue weighted by Gasteiger charge is 2.32. The van der Waals surface area contributed by atoms with Gasteiger partial charge in [-0.3, -0.25) is 0 Å². The van der Waals surface area contributed by atoms with Crippen LogP contribution in [0.3, 0.4) is 0 Å². The lowest BCUT2D eigenvalue weighted by Crippen LogP contribution is -2.30. The summed E-state index contributed by atoms with van der Waals surface area (Å²) in [4.78, 5) is 0. The van der Waals surface area contributed by atoms with E-state index < -0.39 is 0 Å². The van der Waals surface area contributed by atoms with Crippen LogP contribution in [-0.2, 0) is 5.41 Å². The number of rotatable bonds is 7. The summed E-state index contributed by atoms with van der Waals surface area (Å²) in [5, 5.41) is 9.59. The number of nitrogens with two attached hydrogens (primary N) is 1. The maximum atomic E-state index is 9.59. The Morgan fingerprint density at radius 2 is 1.30 bits per heavy atom. The molecule has 0 unspecified atom stereocenters. The topological polar surface area (TPSA) is 46.2 Å². The number of aliphatic hydroxyl groups is 1. The Morgan fingerprint density at radius 1 is 0.800 bits per heavy atom. The van der Waals surface area contributed by atoms with Gasteiger partial charge in [0.1, 0.15) is 0 Å². The van der Waals surface area contributed by atoms with Crippen LogP contribution in [0.2, 0.25) is 0 Å². The molecule has 0 spiro atoms. The van der Waals surface area contributed by atoms with E-state index >= 15 is 0 Å². The van der Waals surface area contributed by atoms with Crippen molar-refractivity contribution in [2.75, 3.05) is 13.2 Å². The van der Waals surface area contributed by atoms with Gasteiger partial charge in [-0.05, 0) is 36.9 Å². The molecule has 0 heterocycles. The molecule has 0 aliphatic rings. The van der Waals surface area contributed by atoms with Gasteiger partial charge < -0.3 is 10.8 Å². The molecule has 0 aliphatic heterocycles. The molecule has 2 aromatic carbocycles. The fourth-order valence-electron chi connectivity index (χ4n) is 2.98. The number of hydrogen-bond acceptors (Lipinski definition) is 2. The van der Waals surface area contributed by atoms with E-state index in [9.17, 15) is 5.11 Å². The Labute approximate surface area is 121 Å². The zero-order chi connectivity index (χ0) is 14.3. The van der Waals surface area contributed by atoms with E-state index in [1.165, 1.54) is 11.1 Å². The Kier molecular flexibility index (Phi) is 5.33.